The Labute approximate surface area is 113 Å². The number of halogens is 2. The van der Waals surface area contributed by atoms with Gasteiger partial charge in [0, 0.05) is 16.0 Å². The van der Waals surface area contributed by atoms with Crippen LogP contribution < -0.4 is 0 Å². The molecule has 1 nitrogen and oxygen atoms in total. The fourth-order valence-corrected chi connectivity index (χ4v) is 2.92. The molecule has 3 rings (SSSR count). The largest absolute Gasteiger partial charge is 0.388 e. The lowest BCUT2D eigenvalue weighted by Gasteiger charge is -2.34. The van der Waals surface area contributed by atoms with Crippen LogP contribution in [0.1, 0.15) is 28.7 Å². The molecule has 0 saturated heterocycles. The van der Waals surface area contributed by atoms with Gasteiger partial charge in [-0.2, -0.15) is 0 Å². The first-order chi connectivity index (χ1) is 8.66. The van der Waals surface area contributed by atoms with E-state index in [1.165, 1.54) is 11.6 Å². The van der Waals surface area contributed by atoms with Gasteiger partial charge in [-0.1, -0.05) is 40.2 Å². The van der Waals surface area contributed by atoms with Crippen molar-refractivity contribution in [1.29, 1.82) is 0 Å². The summed E-state index contributed by atoms with van der Waals surface area (Å²) in [5, 5.41) is 10.3. The van der Waals surface area contributed by atoms with E-state index in [1.54, 1.807) is 12.1 Å². The van der Waals surface area contributed by atoms with Gasteiger partial charge in [-0.05, 0) is 35.7 Å². The van der Waals surface area contributed by atoms with Crippen LogP contribution >= 0.6 is 15.9 Å². The number of fused-ring (bicyclic) bond motifs is 1. The zero-order valence-corrected chi connectivity index (χ0v) is 11.2. The Balaban J connectivity index is 1.93. The highest BCUT2D eigenvalue weighted by Crippen LogP contribution is 2.44. The molecule has 0 aromatic heterocycles. The molecule has 2 atom stereocenters. The van der Waals surface area contributed by atoms with Gasteiger partial charge in [0.25, 0.3) is 0 Å². The maximum absolute atomic E-state index is 13.7. The van der Waals surface area contributed by atoms with Gasteiger partial charge in [0.1, 0.15) is 5.82 Å². The van der Waals surface area contributed by atoms with Crippen molar-refractivity contribution in [1.82, 2.24) is 0 Å². The summed E-state index contributed by atoms with van der Waals surface area (Å²) in [4.78, 5) is 0. The van der Waals surface area contributed by atoms with Crippen molar-refractivity contribution in [2.75, 3.05) is 0 Å². The van der Waals surface area contributed by atoms with E-state index in [-0.39, 0.29) is 11.7 Å². The molecule has 0 heterocycles. The average molecular weight is 307 g/mol. The van der Waals surface area contributed by atoms with Crippen LogP contribution in [0, 0.1) is 5.82 Å². The fourth-order valence-electron chi connectivity index (χ4n) is 2.54. The Morgan fingerprint density at radius 3 is 2.78 bits per heavy atom. The molecule has 92 valence electrons. The van der Waals surface area contributed by atoms with Gasteiger partial charge in [0.15, 0.2) is 0 Å². The Kier molecular flexibility index (Phi) is 2.96. The topological polar surface area (TPSA) is 20.2 Å². The molecule has 1 aliphatic rings. The second-order valence-corrected chi connectivity index (χ2v) is 5.54. The van der Waals surface area contributed by atoms with Crippen LogP contribution in [0.3, 0.4) is 0 Å². The number of benzene rings is 2. The Bertz CT molecular complexity index is 597. The third-order valence-electron chi connectivity index (χ3n) is 3.55. The van der Waals surface area contributed by atoms with Gasteiger partial charge < -0.3 is 5.11 Å². The van der Waals surface area contributed by atoms with E-state index in [9.17, 15) is 9.50 Å². The number of aliphatic hydroxyl groups excluding tert-OH is 1. The Morgan fingerprint density at radius 1 is 1.22 bits per heavy atom. The second-order valence-electron chi connectivity index (χ2n) is 4.62. The smallest absolute Gasteiger partial charge is 0.129 e. The van der Waals surface area contributed by atoms with Crippen LogP contribution in [0.4, 0.5) is 4.39 Å². The predicted octanol–water partition coefficient (Wildman–Crippen LogP) is 3.96. The van der Waals surface area contributed by atoms with Crippen molar-refractivity contribution >= 4 is 15.9 Å². The first kappa shape index (κ1) is 11.9. The van der Waals surface area contributed by atoms with E-state index in [2.05, 4.69) is 22.0 Å². The van der Waals surface area contributed by atoms with E-state index in [4.69, 9.17) is 0 Å². The SMILES string of the molecule is OC(c1cc(Br)ccc1F)C1Cc2ccccc21. The van der Waals surface area contributed by atoms with E-state index >= 15 is 0 Å². The van der Waals surface area contributed by atoms with Gasteiger partial charge in [-0.15, -0.1) is 0 Å². The quantitative estimate of drug-likeness (QED) is 0.890. The van der Waals surface area contributed by atoms with Gasteiger partial charge in [-0.3, -0.25) is 0 Å². The van der Waals surface area contributed by atoms with E-state index < -0.39 is 6.10 Å². The van der Waals surface area contributed by atoms with Gasteiger partial charge in [0.05, 0.1) is 6.10 Å². The molecule has 2 aromatic rings. The summed E-state index contributed by atoms with van der Waals surface area (Å²) < 4.78 is 14.5. The highest BCUT2D eigenvalue weighted by molar-refractivity contribution is 9.10. The summed E-state index contributed by atoms with van der Waals surface area (Å²) in [6.45, 7) is 0. The van der Waals surface area contributed by atoms with Crippen LogP contribution in [0.25, 0.3) is 0 Å². The molecule has 0 radical (unpaired) electrons. The standard InChI is InChI=1S/C15H12BrFO/c16-10-5-6-14(17)13(8-10)15(18)12-7-9-3-1-2-4-11(9)12/h1-6,8,12,15,18H,7H2. The Morgan fingerprint density at radius 2 is 2.00 bits per heavy atom. The minimum absolute atomic E-state index is 0.00463. The number of rotatable bonds is 2. The second kappa shape index (κ2) is 4.48. The lowest BCUT2D eigenvalue weighted by molar-refractivity contribution is 0.130. The van der Waals surface area contributed by atoms with Gasteiger partial charge in [0.2, 0.25) is 0 Å². The third kappa shape index (κ3) is 1.88. The average Bonchev–Trinajstić information content (AvgIpc) is 2.33. The van der Waals surface area contributed by atoms with Crippen LogP contribution in [0.15, 0.2) is 46.9 Å². The van der Waals surface area contributed by atoms with Crippen LogP contribution in [0.5, 0.6) is 0 Å². The van der Waals surface area contributed by atoms with Crippen LogP contribution in [-0.4, -0.2) is 5.11 Å². The lowest BCUT2D eigenvalue weighted by Crippen LogP contribution is -2.24. The number of aliphatic hydroxyl groups is 1. The van der Waals surface area contributed by atoms with Crippen LogP contribution in [-0.2, 0) is 6.42 Å². The van der Waals surface area contributed by atoms with Crippen molar-refractivity contribution in [2.24, 2.45) is 0 Å². The summed E-state index contributed by atoms with van der Waals surface area (Å²) in [6.07, 6.45) is 0.0286. The molecule has 2 unspecified atom stereocenters. The lowest BCUT2D eigenvalue weighted by atomic mass is 9.73. The van der Waals surface area contributed by atoms with Crippen molar-refractivity contribution in [2.45, 2.75) is 18.4 Å². The van der Waals surface area contributed by atoms with Crippen molar-refractivity contribution in [3.8, 4) is 0 Å². The van der Waals surface area contributed by atoms with Crippen molar-refractivity contribution in [3.05, 3.63) is 69.4 Å². The first-order valence-corrected chi connectivity index (χ1v) is 6.67. The van der Waals surface area contributed by atoms with Crippen molar-refractivity contribution in [3.63, 3.8) is 0 Å². The summed E-state index contributed by atoms with van der Waals surface area (Å²) in [7, 11) is 0. The molecular weight excluding hydrogens is 295 g/mol. The fraction of sp³-hybridized carbons (Fsp3) is 0.200. The number of hydrogen-bond acceptors (Lipinski definition) is 1. The van der Waals surface area contributed by atoms with E-state index in [0.717, 1.165) is 16.5 Å². The summed E-state index contributed by atoms with van der Waals surface area (Å²) in [5.41, 5.74) is 2.74. The highest BCUT2D eigenvalue weighted by Gasteiger charge is 2.33. The molecule has 0 aliphatic heterocycles. The molecule has 2 aromatic carbocycles. The number of hydrogen-bond donors (Lipinski definition) is 1. The third-order valence-corrected chi connectivity index (χ3v) is 4.05. The monoisotopic (exact) mass is 306 g/mol. The molecule has 1 aliphatic carbocycles. The molecule has 0 bridgehead atoms. The summed E-state index contributed by atoms with van der Waals surface area (Å²) in [5.74, 6) is -0.347. The minimum Gasteiger partial charge on any atom is -0.388 e. The van der Waals surface area contributed by atoms with E-state index in [1.807, 2.05) is 18.2 Å². The predicted molar refractivity (Wildman–Crippen MR) is 71.9 cm³/mol. The van der Waals surface area contributed by atoms with Crippen LogP contribution in [0.2, 0.25) is 0 Å². The maximum Gasteiger partial charge on any atom is 0.129 e. The zero-order chi connectivity index (χ0) is 12.7. The summed E-state index contributed by atoms with van der Waals surface area (Å²) >= 11 is 3.31. The highest BCUT2D eigenvalue weighted by atomic mass is 79.9. The van der Waals surface area contributed by atoms with Gasteiger partial charge >= 0.3 is 0 Å². The molecule has 0 spiro atoms. The van der Waals surface area contributed by atoms with Gasteiger partial charge in [-0.25, -0.2) is 4.39 Å². The minimum atomic E-state index is -0.780. The normalized spacial score (nSPS) is 18.9. The molecule has 0 saturated carbocycles. The summed E-state index contributed by atoms with van der Waals surface area (Å²) in [6, 6.07) is 12.7. The molecule has 1 N–H and O–H groups in total. The van der Waals surface area contributed by atoms with Crippen molar-refractivity contribution < 1.29 is 9.50 Å². The van der Waals surface area contributed by atoms with E-state index in [0.29, 0.717) is 5.56 Å². The Hall–Kier alpha value is -1.19. The zero-order valence-electron chi connectivity index (χ0n) is 9.61. The first-order valence-electron chi connectivity index (χ1n) is 5.87. The molecular formula is C15H12BrFO. The molecule has 0 fully saturated rings. The molecule has 0 amide bonds. The maximum atomic E-state index is 13.7. The molecule has 3 heteroatoms. The molecule has 18 heavy (non-hydrogen) atoms.